The van der Waals surface area contributed by atoms with E-state index in [1.165, 1.54) is 18.3 Å². The monoisotopic (exact) mass is 337 g/mol. The Morgan fingerprint density at radius 3 is 2.70 bits per heavy atom. The average molecular weight is 337 g/mol. The lowest BCUT2D eigenvalue weighted by Crippen LogP contribution is -2.46. The van der Waals surface area contributed by atoms with Crippen LogP contribution in [0.5, 0.6) is 0 Å². The third-order valence-corrected chi connectivity index (χ3v) is 5.27. The minimum atomic E-state index is -0.0908. The number of aromatic nitrogens is 1. The molecule has 3 rings (SSSR count). The Bertz CT molecular complexity index is 582. The highest BCUT2D eigenvalue weighted by Crippen LogP contribution is 2.23. The Balaban J connectivity index is 1.48. The number of nitrogens with one attached hydrogen (secondary N) is 1. The summed E-state index contributed by atoms with van der Waals surface area (Å²) < 4.78 is 0. The molecule has 0 spiro atoms. The maximum Gasteiger partial charge on any atom is 0.320 e. The first kappa shape index (κ1) is 16.2. The fourth-order valence-corrected chi connectivity index (χ4v) is 3.96. The van der Waals surface area contributed by atoms with E-state index in [0.29, 0.717) is 11.2 Å². The van der Waals surface area contributed by atoms with Crippen LogP contribution in [-0.4, -0.2) is 70.9 Å². The molecule has 3 amide bonds. The largest absolute Gasteiger partial charge is 0.326 e. The normalized spacial score (nSPS) is 20.3. The van der Waals surface area contributed by atoms with Crippen molar-refractivity contribution in [2.45, 2.75) is 32.4 Å². The Morgan fingerprint density at radius 1 is 1.35 bits per heavy atom. The number of rotatable bonds is 4. The van der Waals surface area contributed by atoms with Crippen molar-refractivity contribution in [1.82, 2.24) is 19.7 Å². The number of carbonyl (C=O) groups is 2. The summed E-state index contributed by atoms with van der Waals surface area (Å²) >= 11 is 1.46. The van der Waals surface area contributed by atoms with Gasteiger partial charge in [0.2, 0.25) is 5.91 Å². The van der Waals surface area contributed by atoms with Crippen molar-refractivity contribution in [1.29, 1.82) is 0 Å². The smallest absolute Gasteiger partial charge is 0.320 e. The van der Waals surface area contributed by atoms with Crippen LogP contribution in [0.3, 0.4) is 0 Å². The molecule has 2 aliphatic heterocycles. The number of thiazole rings is 1. The number of likely N-dealkylation sites (tertiary alicyclic amines) is 1. The van der Waals surface area contributed by atoms with Crippen molar-refractivity contribution in [3.63, 3.8) is 0 Å². The first-order valence-corrected chi connectivity index (χ1v) is 8.87. The Labute approximate surface area is 140 Å². The molecule has 0 aliphatic carbocycles. The van der Waals surface area contributed by atoms with Crippen molar-refractivity contribution < 1.29 is 9.59 Å². The van der Waals surface area contributed by atoms with Crippen LogP contribution in [0.25, 0.3) is 0 Å². The highest BCUT2D eigenvalue weighted by Gasteiger charge is 2.33. The lowest BCUT2D eigenvalue weighted by Gasteiger charge is -2.36. The van der Waals surface area contributed by atoms with Gasteiger partial charge in [-0.1, -0.05) is 0 Å². The molecular formula is C15H23N5O2S. The fourth-order valence-electron chi connectivity index (χ4n) is 3.21. The van der Waals surface area contributed by atoms with Gasteiger partial charge in [0.1, 0.15) is 0 Å². The summed E-state index contributed by atoms with van der Waals surface area (Å²) in [5.74, 6) is -0.0908. The maximum absolute atomic E-state index is 12.1. The van der Waals surface area contributed by atoms with Gasteiger partial charge in [-0.25, -0.2) is 9.78 Å². The molecule has 2 saturated heterocycles. The molecule has 0 radical (unpaired) electrons. The van der Waals surface area contributed by atoms with E-state index in [2.05, 4.69) is 15.2 Å². The van der Waals surface area contributed by atoms with Gasteiger partial charge in [0.25, 0.3) is 0 Å². The zero-order chi connectivity index (χ0) is 16.4. The zero-order valence-electron chi connectivity index (χ0n) is 13.6. The summed E-state index contributed by atoms with van der Waals surface area (Å²) in [4.78, 5) is 33.7. The summed E-state index contributed by atoms with van der Waals surface area (Å²) in [5, 5.41) is 5.37. The summed E-state index contributed by atoms with van der Waals surface area (Å²) in [6, 6.07) is 0.539. The predicted molar refractivity (Wildman–Crippen MR) is 89.4 cm³/mol. The average Bonchev–Trinajstić information content (AvgIpc) is 3.07. The molecular weight excluding hydrogens is 314 g/mol. The Hall–Kier alpha value is -1.67. The van der Waals surface area contributed by atoms with Gasteiger partial charge in [-0.05, 0) is 12.8 Å². The molecule has 23 heavy (non-hydrogen) atoms. The van der Waals surface area contributed by atoms with E-state index in [9.17, 15) is 9.59 Å². The molecule has 2 fully saturated rings. The number of nitrogens with zero attached hydrogens (tertiary/aromatic N) is 4. The van der Waals surface area contributed by atoms with E-state index in [1.54, 1.807) is 4.90 Å². The molecule has 3 heterocycles. The number of carbonyl (C=O) groups excluding carboxylic acids is 2. The van der Waals surface area contributed by atoms with Crippen LogP contribution in [0.1, 0.15) is 25.5 Å². The van der Waals surface area contributed by atoms with Crippen molar-refractivity contribution in [3.8, 4) is 0 Å². The number of urea groups is 1. The molecule has 0 saturated carbocycles. The quantitative estimate of drug-likeness (QED) is 0.902. The first-order valence-electron chi connectivity index (χ1n) is 7.99. The van der Waals surface area contributed by atoms with Crippen molar-refractivity contribution in [2.75, 3.05) is 38.5 Å². The number of piperidine rings is 1. The van der Waals surface area contributed by atoms with E-state index >= 15 is 0 Å². The fraction of sp³-hybridized carbons (Fsp3) is 0.667. The zero-order valence-corrected chi connectivity index (χ0v) is 14.4. The second kappa shape index (κ2) is 6.84. The van der Waals surface area contributed by atoms with Gasteiger partial charge in [0.05, 0.1) is 5.69 Å². The second-order valence-electron chi connectivity index (χ2n) is 6.23. The molecule has 0 unspecified atom stereocenters. The number of hydrogen-bond acceptors (Lipinski definition) is 5. The highest BCUT2D eigenvalue weighted by atomic mass is 32.1. The van der Waals surface area contributed by atoms with Crippen LogP contribution in [-0.2, 0) is 11.3 Å². The third kappa shape index (κ3) is 3.81. The van der Waals surface area contributed by atoms with Crippen molar-refractivity contribution >= 4 is 28.4 Å². The molecule has 0 bridgehead atoms. The highest BCUT2D eigenvalue weighted by molar-refractivity contribution is 7.13. The number of anilines is 1. The molecule has 2 aliphatic rings. The number of hydrogen-bond donors (Lipinski definition) is 1. The van der Waals surface area contributed by atoms with E-state index in [1.807, 2.05) is 17.3 Å². The lowest BCUT2D eigenvalue weighted by atomic mass is 10.0. The minimum absolute atomic E-state index is 0.0908. The third-order valence-electron chi connectivity index (χ3n) is 4.47. The van der Waals surface area contributed by atoms with Gasteiger partial charge in [0.15, 0.2) is 5.13 Å². The molecule has 1 aromatic rings. The predicted octanol–water partition coefficient (Wildman–Crippen LogP) is 1.43. The molecule has 1 N–H and O–H groups in total. The second-order valence-corrected chi connectivity index (χ2v) is 7.09. The molecule has 7 nitrogen and oxygen atoms in total. The summed E-state index contributed by atoms with van der Waals surface area (Å²) in [6.45, 7) is 5.94. The van der Waals surface area contributed by atoms with Crippen LogP contribution in [0.4, 0.5) is 9.93 Å². The minimum Gasteiger partial charge on any atom is -0.326 e. The van der Waals surface area contributed by atoms with Crippen LogP contribution >= 0.6 is 11.3 Å². The van der Waals surface area contributed by atoms with Crippen molar-refractivity contribution in [3.05, 3.63) is 11.1 Å². The molecule has 126 valence electrons. The first-order chi connectivity index (χ1) is 11.0. The van der Waals surface area contributed by atoms with E-state index < -0.39 is 0 Å². The van der Waals surface area contributed by atoms with Crippen molar-refractivity contribution in [2.24, 2.45) is 0 Å². The molecule has 0 atom stereocenters. The van der Waals surface area contributed by atoms with E-state index in [0.717, 1.165) is 51.3 Å². The molecule has 0 aromatic carbocycles. The number of likely N-dealkylation sites (N-methyl/N-ethyl adjacent to an activating group) is 1. The number of amides is 3. The molecule has 8 heteroatoms. The van der Waals surface area contributed by atoms with Gasteiger partial charge in [0, 0.05) is 58.1 Å². The van der Waals surface area contributed by atoms with Crippen LogP contribution in [0.2, 0.25) is 0 Å². The van der Waals surface area contributed by atoms with Gasteiger partial charge < -0.3 is 15.1 Å². The summed E-state index contributed by atoms with van der Waals surface area (Å²) in [7, 11) is 1.87. The Morgan fingerprint density at radius 2 is 2.09 bits per heavy atom. The SMILES string of the molecule is CC(=O)Nc1nc(CN2CCC(N3CCN(C)C3=O)CC2)cs1. The van der Waals surface area contributed by atoms with Gasteiger partial charge in [-0.2, -0.15) is 0 Å². The van der Waals surface area contributed by atoms with Gasteiger partial charge in [-0.15, -0.1) is 11.3 Å². The summed E-state index contributed by atoms with van der Waals surface area (Å²) in [6.07, 6.45) is 2.03. The van der Waals surface area contributed by atoms with Gasteiger partial charge >= 0.3 is 6.03 Å². The topological polar surface area (TPSA) is 68.8 Å². The standard InChI is InChI=1S/C15H23N5O2S/c1-11(21)16-14-17-12(10-23-14)9-19-5-3-13(4-6-19)20-8-7-18(2)15(20)22/h10,13H,3-9H2,1-2H3,(H,16,17,21). The summed E-state index contributed by atoms with van der Waals surface area (Å²) in [5.41, 5.74) is 0.995. The van der Waals surface area contributed by atoms with Crippen LogP contribution < -0.4 is 5.32 Å². The van der Waals surface area contributed by atoms with Crippen LogP contribution in [0, 0.1) is 0 Å². The maximum atomic E-state index is 12.1. The van der Waals surface area contributed by atoms with E-state index in [4.69, 9.17) is 0 Å². The Kier molecular flexibility index (Phi) is 4.82. The van der Waals surface area contributed by atoms with Crippen LogP contribution in [0.15, 0.2) is 5.38 Å². The molecule has 1 aromatic heterocycles. The van der Waals surface area contributed by atoms with Gasteiger partial charge in [-0.3, -0.25) is 9.69 Å². The van der Waals surface area contributed by atoms with E-state index in [-0.39, 0.29) is 11.9 Å². The lowest BCUT2D eigenvalue weighted by molar-refractivity contribution is -0.114.